The van der Waals surface area contributed by atoms with Crippen molar-refractivity contribution in [1.82, 2.24) is 0 Å². The van der Waals surface area contributed by atoms with E-state index >= 15 is 0 Å². The number of anilines is 3. The van der Waals surface area contributed by atoms with Crippen LogP contribution in [0.4, 0.5) is 17.1 Å². The van der Waals surface area contributed by atoms with E-state index in [-0.39, 0.29) is 10.8 Å². The third kappa shape index (κ3) is 4.32. The molecule has 258 valence electrons. The van der Waals surface area contributed by atoms with Crippen molar-refractivity contribution in [3.05, 3.63) is 186 Å². The van der Waals surface area contributed by atoms with Crippen LogP contribution in [0.1, 0.15) is 49.9 Å². The van der Waals surface area contributed by atoms with Crippen molar-refractivity contribution < 1.29 is 0 Å². The Balaban J connectivity index is 1.10. The second-order valence-electron chi connectivity index (χ2n) is 16.1. The molecule has 2 aliphatic carbocycles. The lowest BCUT2D eigenvalue weighted by Gasteiger charge is -2.31. The largest absolute Gasteiger partial charge is 0.309 e. The highest BCUT2D eigenvalue weighted by Crippen LogP contribution is 2.58. The van der Waals surface area contributed by atoms with Gasteiger partial charge in [0.25, 0.3) is 0 Å². The van der Waals surface area contributed by atoms with E-state index in [1.54, 1.807) is 0 Å². The normalized spacial score (nSPS) is 14.6. The fraction of sp³-hybridized carbons (Fsp3) is 0.115. The topological polar surface area (TPSA) is 3.24 Å². The Hall–Kier alpha value is -5.96. The first kappa shape index (κ1) is 31.6. The van der Waals surface area contributed by atoms with Gasteiger partial charge in [-0.3, -0.25) is 0 Å². The Morgan fingerprint density at radius 3 is 1.61 bits per heavy atom. The molecule has 0 fully saturated rings. The Kier molecular flexibility index (Phi) is 6.59. The summed E-state index contributed by atoms with van der Waals surface area (Å²) in [6.07, 6.45) is 0. The summed E-state index contributed by atoms with van der Waals surface area (Å²) >= 11 is 1.90. The molecule has 0 saturated carbocycles. The predicted octanol–water partition coefficient (Wildman–Crippen LogP) is 15.0. The lowest BCUT2D eigenvalue weighted by atomic mass is 9.82. The van der Waals surface area contributed by atoms with Gasteiger partial charge in [0.05, 0.1) is 11.4 Å². The van der Waals surface area contributed by atoms with Crippen LogP contribution in [0.15, 0.2) is 164 Å². The van der Waals surface area contributed by atoms with Gasteiger partial charge in [-0.15, -0.1) is 11.3 Å². The van der Waals surface area contributed by atoms with Crippen LogP contribution in [-0.4, -0.2) is 0 Å². The quantitative estimate of drug-likeness (QED) is 0.176. The summed E-state index contributed by atoms with van der Waals surface area (Å²) < 4.78 is 2.71. The lowest BCUT2D eigenvalue weighted by Crippen LogP contribution is -2.17. The van der Waals surface area contributed by atoms with Gasteiger partial charge in [0, 0.05) is 47.8 Å². The molecule has 0 bridgehead atoms. The monoisotopic (exact) mass is 709 g/mol. The predicted molar refractivity (Wildman–Crippen MR) is 232 cm³/mol. The molecule has 2 aliphatic rings. The van der Waals surface area contributed by atoms with Crippen LogP contribution in [0.3, 0.4) is 0 Å². The van der Waals surface area contributed by atoms with Crippen molar-refractivity contribution in [2.24, 2.45) is 0 Å². The van der Waals surface area contributed by atoms with Crippen molar-refractivity contribution in [2.45, 2.75) is 38.5 Å². The van der Waals surface area contributed by atoms with Crippen LogP contribution in [-0.2, 0) is 10.8 Å². The first-order chi connectivity index (χ1) is 26.3. The molecule has 1 aromatic heterocycles. The average Bonchev–Trinajstić information content (AvgIpc) is 3.79. The summed E-state index contributed by atoms with van der Waals surface area (Å²) in [6.45, 7) is 9.48. The number of rotatable bonds is 4. The highest BCUT2D eigenvalue weighted by molar-refractivity contribution is 7.26. The van der Waals surface area contributed by atoms with E-state index in [1.807, 2.05) is 11.3 Å². The molecule has 0 radical (unpaired) electrons. The van der Waals surface area contributed by atoms with Gasteiger partial charge in [0.15, 0.2) is 0 Å². The van der Waals surface area contributed by atoms with Gasteiger partial charge in [-0.1, -0.05) is 155 Å². The minimum absolute atomic E-state index is 0.0951. The molecule has 0 unspecified atom stereocenters. The zero-order chi connectivity index (χ0) is 36.3. The van der Waals surface area contributed by atoms with Gasteiger partial charge < -0.3 is 4.90 Å². The van der Waals surface area contributed by atoms with Crippen molar-refractivity contribution in [1.29, 1.82) is 0 Å². The maximum absolute atomic E-state index is 2.54. The van der Waals surface area contributed by atoms with Crippen molar-refractivity contribution in [2.75, 3.05) is 4.90 Å². The van der Waals surface area contributed by atoms with E-state index in [0.29, 0.717) is 0 Å². The van der Waals surface area contributed by atoms with Gasteiger partial charge in [-0.2, -0.15) is 0 Å². The summed E-state index contributed by atoms with van der Waals surface area (Å²) in [5.41, 5.74) is 16.7. The van der Waals surface area contributed by atoms with Gasteiger partial charge in [-0.05, 0) is 91.7 Å². The molecule has 1 heterocycles. The Morgan fingerprint density at radius 2 is 0.963 bits per heavy atom. The lowest BCUT2D eigenvalue weighted by molar-refractivity contribution is 0.660. The molecule has 54 heavy (non-hydrogen) atoms. The molecule has 0 atom stereocenters. The van der Waals surface area contributed by atoms with E-state index in [2.05, 4.69) is 196 Å². The Bertz CT molecular complexity index is 2890. The zero-order valence-corrected chi connectivity index (χ0v) is 31.8. The molecule has 0 aliphatic heterocycles. The molecule has 0 N–H and O–H groups in total. The SMILES string of the molecule is CC1(C)c2ccccc2-c2c(N(c3ccc(-c4ccc5c(ccc6c7ccccc7sc56)c4)cc3)c3cccc4c3-c3ccccc3C4(C)C)cccc21. The maximum Gasteiger partial charge on any atom is 0.0543 e. The van der Waals surface area contributed by atoms with Crippen LogP contribution in [0.5, 0.6) is 0 Å². The minimum Gasteiger partial charge on any atom is -0.309 e. The highest BCUT2D eigenvalue weighted by Gasteiger charge is 2.40. The molecular formula is C52H39NS. The second kappa shape index (κ2) is 11.3. The van der Waals surface area contributed by atoms with Crippen LogP contribution >= 0.6 is 11.3 Å². The zero-order valence-electron chi connectivity index (χ0n) is 30.9. The molecule has 0 saturated heterocycles. The molecule has 2 heteroatoms. The van der Waals surface area contributed by atoms with Crippen molar-refractivity contribution >= 4 is 59.3 Å². The Labute approximate surface area is 320 Å². The third-order valence-electron chi connectivity index (χ3n) is 12.5. The molecule has 0 spiro atoms. The fourth-order valence-corrected chi connectivity index (χ4v) is 11.0. The number of hydrogen-bond acceptors (Lipinski definition) is 2. The maximum atomic E-state index is 2.54. The van der Waals surface area contributed by atoms with Gasteiger partial charge in [0.1, 0.15) is 0 Å². The van der Waals surface area contributed by atoms with E-state index in [9.17, 15) is 0 Å². The van der Waals surface area contributed by atoms with Gasteiger partial charge >= 0.3 is 0 Å². The summed E-state index contributed by atoms with van der Waals surface area (Å²) in [5.74, 6) is 0. The average molecular weight is 710 g/mol. The minimum atomic E-state index is -0.0951. The molecular weight excluding hydrogens is 671 g/mol. The number of nitrogens with zero attached hydrogens (tertiary/aromatic N) is 1. The van der Waals surface area contributed by atoms with Crippen LogP contribution in [0, 0.1) is 0 Å². The van der Waals surface area contributed by atoms with Crippen LogP contribution in [0.2, 0.25) is 0 Å². The Morgan fingerprint density at radius 1 is 0.426 bits per heavy atom. The van der Waals surface area contributed by atoms with Crippen LogP contribution in [0.25, 0.3) is 64.3 Å². The summed E-state index contributed by atoms with van der Waals surface area (Å²) in [6, 6.07) is 61.4. The first-order valence-electron chi connectivity index (χ1n) is 19.0. The summed E-state index contributed by atoms with van der Waals surface area (Å²) in [7, 11) is 0. The number of thiophene rings is 1. The van der Waals surface area contributed by atoms with Gasteiger partial charge in [-0.25, -0.2) is 0 Å². The molecule has 11 rings (SSSR count). The summed E-state index contributed by atoms with van der Waals surface area (Å²) in [4.78, 5) is 2.54. The van der Waals surface area contributed by atoms with Crippen LogP contribution < -0.4 is 4.90 Å². The summed E-state index contributed by atoms with van der Waals surface area (Å²) in [5, 5.41) is 5.29. The number of benzene rings is 8. The molecule has 9 aromatic rings. The second-order valence-corrected chi connectivity index (χ2v) is 17.2. The smallest absolute Gasteiger partial charge is 0.0543 e. The van der Waals surface area contributed by atoms with E-state index < -0.39 is 0 Å². The first-order valence-corrected chi connectivity index (χ1v) is 19.8. The number of hydrogen-bond donors (Lipinski definition) is 0. The molecule has 8 aromatic carbocycles. The molecule has 0 amide bonds. The van der Waals surface area contributed by atoms with Crippen molar-refractivity contribution in [3.8, 4) is 33.4 Å². The van der Waals surface area contributed by atoms with E-state index in [1.165, 1.54) is 98.0 Å². The fourth-order valence-electron chi connectivity index (χ4n) is 9.75. The van der Waals surface area contributed by atoms with E-state index in [0.717, 1.165) is 5.69 Å². The van der Waals surface area contributed by atoms with Gasteiger partial charge in [0.2, 0.25) is 0 Å². The van der Waals surface area contributed by atoms with Crippen molar-refractivity contribution in [3.63, 3.8) is 0 Å². The molecule has 1 nitrogen and oxygen atoms in total. The standard InChI is InChI=1S/C52H39NS/c1-51(2)41-16-8-5-14-39(41)48-43(51)18-11-20-45(48)53(46-21-12-19-44-49(46)40-15-6-9-17-42(40)52(44,3)4)35-27-23-32(24-28-35)33-25-29-36-34(31-33)26-30-38-37-13-7-10-22-47(37)54-50(36)38/h5-31H,1-4H3. The third-order valence-corrected chi connectivity index (χ3v) is 13.7. The number of fused-ring (bicyclic) bond motifs is 11. The highest BCUT2D eigenvalue weighted by atomic mass is 32.1. The van der Waals surface area contributed by atoms with E-state index in [4.69, 9.17) is 0 Å².